The Kier molecular flexibility index (Phi) is 5.55. The Labute approximate surface area is 178 Å². The molecule has 0 aliphatic carbocycles. The number of ether oxygens (including phenoxy) is 1. The number of hydrogen-bond donors (Lipinski definition) is 1. The van der Waals surface area contributed by atoms with Crippen molar-refractivity contribution in [1.82, 2.24) is 0 Å². The average Bonchev–Trinajstić information content (AvgIpc) is 2.73. The van der Waals surface area contributed by atoms with E-state index in [1.54, 1.807) is 19.2 Å². The third-order valence-corrected chi connectivity index (χ3v) is 4.80. The number of anilines is 2. The number of rotatable bonds is 5. The van der Waals surface area contributed by atoms with Gasteiger partial charge in [-0.3, -0.25) is 4.99 Å². The number of hydrogen-bond acceptors (Lipinski definition) is 5. The number of para-hydroxylation sites is 1. The van der Waals surface area contributed by atoms with Gasteiger partial charge in [-0.15, -0.1) is 0 Å². The Balaban J connectivity index is 1.83. The summed E-state index contributed by atoms with van der Waals surface area (Å²) in [5.74, 6) is 0.746. The van der Waals surface area contributed by atoms with Crippen molar-refractivity contribution in [2.45, 2.75) is 6.92 Å². The Morgan fingerprint density at radius 1 is 1.07 bits per heavy atom. The number of aliphatic imine (C=N–C) groups is 1. The molecule has 4 rings (SSSR count). The van der Waals surface area contributed by atoms with Crippen molar-refractivity contribution in [2.24, 2.45) is 4.99 Å². The maximum Gasteiger partial charge on any atom is 0.347 e. The van der Waals surface area contributed by atoms with Crippen molar-refractivity contribution in [2.75, 3.05) is 12.4 Å². The second-order valence-corrected chi connectivity index (χ2v) is 7.21. The molecule has 1 N–H and O–H groups in total. The number of halogens is 1. The molecule has 0 aliphatic rings. The monoisotopic (exact) mass is 418 g/mol. The van der Waals surface area contributed by atoms with E-state index < -0.39 is 5.63 Å². The van der Waals surface area contributed by atoms with E-state index in [1.165, 1.54) is 6.21 Å². The van der Waals surface area contributed by atoms with Crippen LogP contribution in [-0.2, 0) is 0 Å². The molecule has 0 radical (unpaired) electrons. The molecule has 150 valence electrons. The molecule has 0 saturated carbocycles. The van der Waals surface area contributed by atoms with Gasteiger partial charge in [0.25, 0.3) is 0 Å². The van der Waals surface area contributed by atoms with Crippen LogP contribution in [0.15, 0.2) is 80.9 Å². The van der Waals surface area contributed by atoms with E-state index in [-0.39, 0.29) is 0 Å². The molecule has 3 aromatic carbocycles. The van der Waals surface area contributed by atoms with Crippen molar-refractivity contribution >= 4 is 45.8 Å². The Morgan fingerprint density at radius 2 is 1.83 bits per heavy atom. The molecule has 5 nitrogen and oxygen atoms in total. The van der Waals surface area contributed by atoms with Gasteiger partial charge in [-0.05, 0) is 67.1 Å². The molecule has 0 amide bonds. The predicted molar refractivity (Wildman–Crippen MR) is 122 cm³/mol. The van der Waals surface area contributed by atoms with E-state index in [0.717, 1.165) is 22.4 Å². The molecule has 0 unspecified atom stereocenters. The largest absolute Gasteiger partial charge is 0.497 e. The summed E-state index contributed by atoms with van der Waals surface area (Å²) in [6.07, 6.45) is 1.51. The summed E-state index contributed by atoms with van der Waals surface area (Å²) in [6.45, 7) is 1.94. The maximum atomic E-state index is 12.8. The van der Waals surface area contributed by atoms with Gasteiger partial charge in [0.2, 0.25) is 0 Å². The fourth-order valence-corrected chi connectivity index (χ4v) is 3.45. The lowest BCUT2D eigenvalue weighted by Gasteiger charge is -2.12. The zero-order chi connectivity index (χ0) is 21.1. The van der Waals surface area contributed by atoms with Crippen LogP contribution < -0.4 is 15.7 Å². The number of benzene rings is 3. The molecule has 4 aromatic rings. The molecular formula is C24H19ClN2O3. The van der Waals surface area contributed by atoms with E-state index in [1.807, 2.05) is 61.5 Å². The zero-order valence-corrected chi connectivity index (χ0v) is 17.2. The van der Waals surface area contributed by atoms with Gasteiger partial charge in [0.05, 0.1) is 18.5 Å². The third-order valence-electron chi connectivity index (χ3n) is 4.58. The second-order valence-electron chi connectivity index (χ2n) is 6.77. The molecule has 0 atom stereocenters. The lowest BCUT2D eigenvalue weighted by Crippen LogP contribution is -2.11. The van der Waals surface area contributed by atoms with E-state index >= 15 is 0 Å². The van der Waals surface area contributed by atoms with Crippen LogP contribution in [0.3, 0.4) is 0 Å². The molecule has 0 aliphatic heterocycles. The van der Waals surface area contributed by atoms with Crippen molar-refractivity contribution < 1.29 is 9.15 Å². The van der Waals surface area contributed by atoms with Crippen LogP contribution in [-0.4, -0.2) is 13.3 Å². The van der Waals surface area contributed by atoms with Crippen LogP contribution in [0.25, 0.3) is 11.0 Å². The average molecular weight is 419 g/mol. The Hall–Kier alpha value is -3.57. The van der Waals surface area contributed by atoms with Crippen LogP contribution in [0.1, 0.15) is 11.1 Å². The molecule has 0 saturated heterocycles. The van der Waals surface area contributed by atoms with Crippen LogP contribution in [0.5, 0.6) is 5.75 Å². The van der Waals surface area contributed by atoms with E-state index in [9.17, 15) is 4.79 Å². The minimum atomic E-state index is -0.479. The summed E-state index contributed by atoms with van der Waals surface area (Å²) >= 11 is 6.13. The van der Waals surface area contributed by atoms with Gasteiger partial charge in [0.1, 0.15) is 16.9 Å². The molecule has 0 fully saturated rings. The number of nitrogens with zero attached hydrogens (tertiary/aromatic N) is 1. The summed E-state index contributed by atoms with van der Waals surface area (Å²) in [7, 11) is 1.62. The van der Waals surface area contributed by atoms with Crippen LogP contribution in [0.2, 0.25) is 5.02 Å². The highest BCUT2D eigenvalue weighted by atomic mass is 35.5. The molecule has 0 spiro atoms. The molecule has 0 bridgehead atoms. The zero-order valence-electron chi connectivity index (χ0n) is 16.5. The quantitative estimate of drug-likeness (QED) is 0.307. The Morgan fingerprint density at radius 3 is 2.57 bits per heavy atom. The number of aryl methyl sites for hydroxylation is 1. The van der Waals surface area contributed by atoms with Gasteiger partial charge < -0.3 is 14.5 Å². The van der Waals surface area contributed by atoms with Crippen molar-refractivity contribution in [1.29, 1.82) is 0 Å². The van der Waals surface area contributed by atoms with Crippen LogP contribution >= 0.6 is 11.6 Å². The lowest BCUT2D eigenvalue weighted by atomic mass is 10.1. The van der Waals surface area contributed by atoms with Crippen molar-refractivity contribution in [3.8, 4) is 5.75 Å². The summed E-state index contributed by atoms with van der Waals surface area (Å²) in [4.78, 5) is 17.2. The predicted octanol–water partition coefficient (Wildman–Crippen LogP) is 6.26. The topological polar surface area (TPSA) is 63.8 Å². The highest BCUT2D eigenvalue weighted by molar-refractivity contribution is 6.30. The normalized spacial score (nSPS) is 11.2. The second kappa shape index (κ2) is 8.43. The standard InChI is InChI=1S/C24H19ClN2O3/c1-15-11-16(25)13-18(12-15)26-14-21-23(27-17-7-9-19(29-2)10-8-17)20-5-3-4-6-22(20)30-24(21)28/h3-14,27H,1-2H3. The first kappa shape index (κ1) is 19.7. The van der Waals surface area contributed by atoms with Gasteiger partial charge in [-0.2, -0.15) is 0 Å². The number of nitrogens with one attached hydrogen (secondary N) is 1. The molecule has 1 heterocycles. The van der Waals surface area contributed by atoms with Gasteiger partial charge in [-0.25, -0.2) is 4.79 Å². The van der Waals surface area contributed by atoms with Gasteiger partial charge in [0.15, 0.2) is 0 Å². The van der Waals surface area contributed by atoms with Crippen LogP contribution in [0, 0.1) is 6.92 Å². The minimum absolute atomic E-state index is 0.321. The van der Waals surface area contributed by atoms with E-state index in [0.29, 0.717) is 27.5 Å². The Bertz CT molecular complexity index is 1270. The number of fused-ring (bicyclic) bond motifs is 1. The highest BCUT2D eigenvalue weighted by Crippen LogP contribution is 2.29. The summed E-state index contributed by atoms with van der Waals surface area (Å²) in [5.41, 5.74) is 3.40. The fourth-order valence-electron chi connectivity index (χ4n) is 3.17. The maximum absolute atomic E-state index is 12.8. The SMILES string of the molecule is COc1ccc(Nc2c(C=Nc3cc(C)cc(Cl)c3)c(=O)oc3ccccc23)cc1. The van der Waals surface area contributed by atoms with Gasteiger partial charge in [-0.1, -0.05) is 23.7 Å². The molecule has 6 heteroatoms. The summed E-state index contributed by atoms with van der Waals surface area (Å²) in [5, 5.41) is 4.70. The first-order valence-electron chi connectivity index (χ1n) is 9.31. The van der Waals surface area contributed by atoms with E-state index in [2.05, 4.69) is 10.3 Å². The van der Waals surface area contributed by atoms with Crippen molar-refractivity contribution in [3.05, 3.63) is 93.3 Å². The lowest BCUT2D eigenvalue weighted by molar-refractivity contribution is 0.415. The summed E-state index contributed by atoms with van der Waals surface area (Å²) < 4.78 is 10.7. The summed E-state index contributed by atoms with van der Waals surface area (Å²) in [6, 6.07) is 20.3. The molecular weight excluding hydrogens is 400 g/mol. The third kappa shape index (κ3) is 4.21. The fraction of sp³-hybridized carbons (Fsp3) is 0.0833. The van der Waals surface area contributed by atoms with Crippen LogP contribution in [0.4, 0.5) is 17.1 Å². The first-order valence-corrected chi connectivity index (χ1v) is 9.69. The van der Waals surface area contributed by atoms with Gasteiger partial charge in [0, 0.05) is 22.3 Å². The van der Waals surface area contributed by atoms with Gasteiger partial charge >= 0.3 is 5.63 Å². The smallest absolute Gasteiger partial charge is 0.347 e. The number of methoxy groups -OCH3 is 1. The van der Waals surface area contributed by atoms with Crippen molar-refractivity contribution in [3.63, 3.8) is 0 Å². The first-order chi connectivity index (χ1) is 14.5. The van der Waals surface area contributed by atoms with E-state index in [4.69, 9.17) is 20.8 Å². The minimum Gasteiger partial charge on any atom is -0.497 e. The highest BCUT2D eigenvalue weighted by Gasteiger charge is 2.13. The molecule has 30 heavy (non-hydrogen) atoms. The molecule has 1 aromatic heterocycles.